The predicted octanol–water partition coefficient (Wildman–Crippen LogP) is 2.06. The number of fused-ring (bicyclic) bond motifs is 2. The summed E-state index contributed by atoms with van der Waals surface area (Å²) >= 11 is 0. The van der Waals surface area contributed by atoms with Gasteiger partial charge >= 0.3 is 33.5 Å². The van der Waals surface area contributed by atoms with Crippen molar-refractivity contribution < 1.29 is 54.0 Å². The van der Waals surface area contributed by atoms with Crippen molar-refractivity contribution in [1.82, 2.24) is 0 Å². The zero-order valence-corrected chi connectivity index (χ0v) is 14.5. The summed E-state index contributed by atoms with van der Waals surface area (Å²) in [5.41, 5.74) is -4.94. The maximum atomic E-state index is 13.6. The average Bonchev–Trinajstić information content (AvgIpc) is 2.72. The van der Waals surface area contributed by atoms with Crippen LogP contribution in [0.2, 0.25) is 0 Å². The minimum absolute atomic E-state index is 0.0271. The lowest BCUT2D eigenvalue weighted by Gasteiger charge is -2.36. The van der Waals surface area contributed by atoms with Gasteiger partial charge in [-0.25, -0.2) is 4.79 Å². The minimum Gasteiger partial charge on any atom is -0.446 e. The van der Waals surface area contributed by atoms with Gasteiger partial charge in [-0.2, -0.15) is 30.4 Å². The second-order valence-electron chi connectivity index (χ2n) is 7.04. The van der Waals surface area contributed by atoms with Gasteiger partial charge in [-0.15, -0.1) is 0 Å². The van der Waals surface area contributed by atoms with Gasteiger partial charge in [0, 0.05) is 5.41 Å². The van der Waals surface area contributed by atoms with Crippen LogP contribution in [0.15, 0.2) is 0 Å². The van der Waals surface area contributed by atoms with E-state index in [-0.39, 0.29) is 12.8 Å². The van der Waals surface area contributed by atoms with E-state index in [9.17, 15) is 40.0 Å². The number of alkyl halides is 5. The molecular weight excluding hydrogens is 395 g/mol. The lowest BCUT2D eigenvalue weighted by Crippen LogP contribution is -2.57. The second-order valence-corrected chi connectivity index (χ2v) is 8.53. The van der Waals surface area contributed by atoms with E-state index in [1.807, 2.05) is 0 Å². The molecule has 1 saturated carbocycles. The minimum atomic E-state index is -6.56. The Labute approximate surface area is 144 Å². The Balaban J connectivity index is 2.46. The molecule has 2 fully saturated rings. The van der Waals surface area contributed by atoms with Gasteiger partial charge in [-0.3, -0.25) is 9.35 Å². The first-order valence-electron chi connectivity index (χ1n) is 7.21. The molecule has 1 aliphatic heterocycles. The summed E-state index contributed by atoms with van der Waals surface area (Å²) < 4.78 is 104. The molecule has 3 atom stereocenters. The van der Waals surface area contributed by atoms with Crippen LogP contribution in [0, 0.1) is 10.8 Å². The van der Waals surface area contributed by atoms with Gasteiger partial charge in [-0.05, 0) is 19.8 Å². The lowest BCUT2D eigenvalue weighted by atomic mass is 9.66. The quantitative estimate of drug-likeness (QED) is 0.430. The van der Waals surface area contributed by atoms with E-state index in [0.29, 0.717) is 0 Å². The summed E-state index contributed by atoms with van der Waals surface area (Å²) in [5, 5.41) is -5.85. The fourth-order valence-electron chi connectivity index (χ4n) is 3.37. The van der Waals surface area contributed by atoms with E-state index < -0.39 is 56.0 Å². The van der Waals surface area contributed by atoms with Crippen LogP contribution in [0.5, 0.6) is 0 Å². The summed E-state index contributed by atoms with van der Waals surface area (Å²) in [4.78, 5) is 24.3. The summed E-state index contributed by atoms with van der Waals surface area (Å²) in [7, 11) is -6.56. The van der Waals surface area contributed by atoms with Gasteiger partial charge in [0.2, 0.25) is 5.60 Å². The first kappa shape index (κ1) is 20.8. The van der Waals surface area contributed by atoms with Crippen molar-refractivity contribution in [2.75, 3.05) is 0 Å². The van der Waals surface area contributed by atoms with E-state index in [2.05, 4.69) is 4.74 Å². The maximum absolute atomic E-state index is 13.6. The molecule has 1 N–H and O–H groups in total. The topological polar surface area (TPSA) is 107 Å². The second kappa shape index (κ2) is 5.27. The lowest BCUT2D eigenvalue weighted by molar-refractivity contribution is -0.267. The number of rotatable bonds is 4. The molecule has 2 bridgehead atoms. The van der Waals surface area contributed by atoms with Crippen LogP contribution in [-0.4, -0.2) is 48.0 Å². The van der Waals surface area contributed by atoms with Gasteiger partial charge in [-0.1, -0.05) is 13.8 Å². The number of hydrogen-bond acceptors (Lipinski definition) is 6. The van der Waals surface area contributed by atoms with Crippen molar-refractivity contribution in [1.29, 1.82) is 0 Å². The SMILES string of the molecule is CC12CCC(C(=O)OC(C(F)(F)F)C(F)(F)S(=O)(=O)O)(OC1=O)C2(C)C. The van der Waals surface area contributed by atoms with Crippen LogP contribution in [0.4, 0.5) is 22.0 Å². The average molecular weight is 410 g/mol. The van der Waals surface area contributed by atoms with Crippen LogP contribution >= 0.6 is 0 Å². The van der Waals surface area contributed by atoms with Crippen molar-refractivity contribution in [3.05, 3.63) is 0 Å². The number of ether oxygens (including phenoxy) is 2. The van der Waals surface area contributed by atoms with Crippen molar-refractivity contribution in [2.24, 2.45) is 10.8 Å². The van der Waals surface area contributed by atoms with Crippen molar-refractivity contribution in [3.63, 3.8) is 0 Å². The molecule has 0 aromatic carbocycles. The van der Waals surface area contributed by atoms with Crippen molar-refractivity contribution in [3.8, 4) is 0 Å². The molecule has 1 saturated heterocycles. The highest BCUT2D eigenvalue weighted by atomic mass is 32.2. The summed E-state index contributed by atoms with van der Waals surface area (Å²) in [6.07, 6.45) is -10.8. The number of halogens is 5. The van der Waals surface area contributed by atoms with Crippen LogP contribution in [0.3, 0.4) is 0 Å². The van der Waals surface area contributed by atoms with Gasteiger partial charge < -0.3 is 9.47 Å². The Morgan fingerprint density at radius 1 is 1.19 bits per heavy atom. The third-order valence-electron chi connectivity index (χ3n) is 5.58. The molecule has 0 amide bonds. The van der Waals surface area contributed by atoms with Crippen molar-refractivity contribution >= 4 is 22.1 Å². The van der Waals surface area contributed by atoms with Gasteiger partial charge in [0.05, 0.1) is 5.41 Å². The standard InChI is InChI=1S/C13H15F5O7S/c1-9(2)10(3)4-5-11(9,25-7(10)19)8(20)24-6(12(14,15)16)13(17,18)26(21,22)23/h6H,4-5H2,1-3H3,(H,21,22,23). The molecule has 0 aromatic heterocycles. The number of carbonyl (C=O) groups excluding carboxylic acids is 2. The van der Waals surface area contributed by atoms with Gasteiger partial charge in [0.25, 0.3) is 6.10 Å². The van der Waals surface area contributed by atoms with Crippen LogP contribution in [-0.2, 0) is 29.2 Å². The Morgan fingerprint density at radius 2 is 1.69 bits per heavy atom. The highest BCUT2D eigenvalue weighted by molar-refractivity contribution is 7.86. The molecule has 0 aromatic rings. The zero-order valence-electron chi connectivity index (χ0n) is 13.7. The summed E-state index contributed by atoms with van der Waals surface area (Å²) in [5.74, 6) is -2.86. The molecule has 1 heterocycles. The first-order chi connectivity index (χ1) is 11.3. The van der Waals surface area contributed by atoms with Crippen LogP contribution in [0.1, 0.15) is 33.6 Å². The fourth-order valence-corrected chi connectivity index (χ4v) is 3.82. The highest BCUT2D eigenvalue weighted by Gasteiger charge is 2.77. The number of hydrogen-bond donors (Lipinski definition) is 1. The van der Waals surface area contributed by atoms with Gasteiger partial charge in [0.1, 0.15) is 0 Å². The van der Waals surface area contributed by atoms with Gasteiger partial charge in [0.15, 0.2) is 0 Å². The monoisotopic (exact) mass is 410 g/mol. The van der Waals surface area contributed by atoms with Crippen LogP contribution in [0.25, 0.3) is 0 Å². The normalized spacial score (nSPS) is 32.3. The Bertz CT molecular complexity index is 759. The molecule has 150 valence electrons. The summed E-state index contributed by atoms with van der Waals surface area (Å²) in [6.45, 7) is 4.07. The number of carbonyl (C=O) groups is 2. The Kier molecular flexibility index (Phi) is 4.22. The largest absolute Gasteiger partial charge is 0.446 e. The Hall–Kier alpha value is -1.50. The molecule has 26 heavy (non-hydrogen) atoms. The highest BCUT2D eigenvalue weighted by Crippen LogP contribution is 2.66. The van der Waals surface area contributed by atoms with E-state index in [4.69, 9.17) is 9.29 Å². The molecule has 0 spiro atoms. The smallest absolute Gasteiger partial charge is 0.432 e. The van der Waals surface area contributed by atoms with E-state index >= 15 is 0 Å². The summed E-state index contributed by atoms with van der Waals surface area (Å²) in [6, 6.07) is 0. The molecule has 2 rings (SSSR count). The van der Waals surface area contributed by atoms with Crippen molar-refractivity contribution in [2.45, 2.75) is 56.7 Å². The molecule has 13 heteroatoms. The maximum Gasteiger partial charge on any atom is 0.432 e. The molecule has 2 aliphatic rings. The zero-order chi connectivity index (χ0) is 20.6. The van der Waals surface area contributed by atoms with E-state index in [1.165, 1.54) is 20.8 Å². The molecule has 1 aliphatic carbocycles. The molecule has 3 unspecified atom stereocenters. The van der Waals surface area contributed by atoms with E-state index in [0.717, 1.165) is 0 Å². The third kappa shape index (κ3) is 2.42. The molecular formula is C13H15F5O7S. The Morgan fingerprint density at radius 3 is 2.00 bits per heavy atom. The fraction of sp³-hybridized carbons (Fsp3) is 0.846. The third-order valence-corrected chi connectivity index (χ3v) is 6.49. The molecule has 7 nitrogen and oxygen atoms in total. The van der Waals surface area contributed by atoms with Crippen LogP contribution < -0.4 is 0 Å². The predicted molar refractivity (Wildman–Crippen MR) is 72.4 cm³/mol. The molecule has 0 radical (unpaired) electrons. The van der Waals surface area contributed by atoms with E-state index in [1.54, 1.807) is 0 Å². The first-order valence-corrected chi connectivity index (χ1v) is 8.65. The number of esters is 2.